The largest absolute Gasteiger partial charge is 0.383 e. The van der Waals surface area contributed by atoms with Crippen molar-refractivity contribution in [3.8, 4) is 10.4 Å². The SMILES string of the molecule is Nc1nc2c3ccccc3cc(-c3cccs3)c2c2ccccc12. The molecule has 0 atom stereocenters. The number of nitrogens with zero attached hydrogens (tertiary/aromatic N) is 1. The molecule has 114 valence electrons. The molecular formula is C21H14N2S. The lowest BCUT2D eigenvalue weighted by Gasteiger charge is -2.13. The van der Waals surface area contributed by atoms with Crippen molar-refractivity contribution in [3.63, 3.8) is 0 Å². The van der Waals surface area contributed by atoms with Crippen LogP contribution in [-0.4, -0.2) is 4.98 Å². The molecule has 0 radical (unpaired) electrons. The van der Waals surface area contributed by atoms with Crippen LogP contribution >= 0.6 is 11.3 Å². The van der Waals surface area contributed by atoms with Gasteiger partial charge in [-0.2, -0.15) is 0 Å². The Morgan fingerprint density at radius 3 is 2.33 bits per heavy atom. The number of pyridine rings is 1. The van der Waals surface area contributed by atoms with Crippen molar-refractivity contribution in [2.45, 2.75) is 0 Å². The number of nitrogen functional groups attached to an aromatic ring is 1. The number of hydrogen-bond donors (Lipinski definition) is 1. The minimum Gasteiger partial charge on any atom is -0.383 e. The molecule has 3 aromatic carbocycles. The number of fused-ring (bicyclic) bond motifs is 5. The Labute approximate surface area is 143 Å². The fourth-order valence-electron chi connectivity index (χ4n) is 3.45. The first-order valence-electron chi connectivity index (χ1n) is 7.86. The number of anilines is 1. The van der Waals surface area contributed by atoms with Gasteiger partial charge in [0.25, 0.3) is 0 Å². The van der Waals surface area contributed by atoms with E-state index in [1.54, 1.807) is 11.3 Å². The Hall–Kier alpha value is -2.91. The summed E-state index contributed by atoms with van der Waals surface area (Å²) in [5.74, 6) is 0.589. The molecule has 0 fully saturated rings. The topological polar surface area (TPSA) is 38.9 Å². The van der Waals surface area contributed by atoms with Gasteiger partial charge in [-0.15, -0.1) is 11.3 Å². The second kappa shape index (κ2) is 5.05. The Balaban J connectivity index is 2.12. The zero-order valence-corrected chi connectivity index (χ0v) is 13.7. The number of hydrogen-bond acceptors (Lipinski definition) is 3. The summed E-state index contributed by atoms with van der Waals surface area (Å²) in [4.78, 5) is 6.04. The van der Waals surface area contributed by atoms with Gasteiger partial charge in [-0.25, -0.2) is 4.98 Å². The van der Waals surface area contributed by atoms with Gasteiger partial charge in [0, 0.05) is 26.6 Å². The van der Waals surface area contributed by atoms with E-state index in [9.17, 15) is 0 Å². The number of nitrogens with two attached hydrogens (primary N) is 1. The van der Waals surface area contributed by atoms with Crippen LogP contribution in [0.5, 0.6) is 0 Å². The van der Waals surface area contributed by atoms with Gasteiger partial charge < -0.3 is 5.73 Å². The Kier molecular flexibility index (Phi) is 2.84. The standard InChI is InChI=1S/C21H14N2S/c22-21-16-9-4-3-8-15(16)19-17(18-10-5-11-24-18)12-13-6-1-2-7-14(13)20(19)23-21/h1-12H,(H2,22,23). The van der Waals surface area contributed by atoms with E-state index in [0.717, 1.165) is 21.7 Å². The predicted molar refractivity (Wildman–Crippen MR) is 104 cm³/mol. The minimum atomic E-state index is 0.589. The highest BCUT2D eigenvalue weighted by molar-refractivity contribution is 7.13. The molecule has 0 aliphatic carbocycles. The van der Waals surface area contributed by atoms with Crippen molar-refractivity contribution in [2.24, 2.45) is 0 Å². The third kappa shape index (κ3) is 1.85. The fourth-order valence-corrected chi connectivity index (χ4v) is 4.20. The highest BCUT2D eigenvalue weighted by atomic mass is 32.1. The van der Waals surface area contributed by atoms with Gasteiger partial charge in [0.15, 0.2) is 0 Å². The Morgan fingerprint density at radius 1 is 0.792 bits per heavy atom. The van der Waals surface area contributed by atoms with E-state index in [2.05, 4.69) is 60.0 Å². The summed E-state index contributed by atoms with van der Waals surface area (Å²) < 4.78 is 0. The molecular weight excluding hydrogens is 312 g/mol. The first-order valence-corrected chi connectivity index (χ1v) is 8.74. The van der Waals surface area contributed by atoms with E-state index >= 15 is 0 Å². The third-order valence-corrected chi connectivity index (χ3v) is 5.42. The lowest BCUT2D eigenvalue weighted by molar-refractivity contribution is 1.46. The van der Waals surface area contributed by atoms with Crippen molar-refractivity contribution in [2.75, 3.05) is 5.73 Å². The molecule has 0 aliphatic rings. The number of benzene rings is 3. The maximum atomic E-state index is 6.27. The van der Waals surface area contributed by atoms with Crippen LogP contribution in [-0.2, 0) is 0 Å². The predicted octanol–water partition coefficient (Wildman–Crippen LogP) is 5.85. The molecule has 2 N–H and O–H groups in total. The van der Waals surface area contributed by atoms with Gasteiger partial charge in [0.1, 0.15) is 5.82 Å². The van der Waals surface area contributed by atoms with Crippen LogP contribution in [0.3, 0.4) is 0 Å². The summed E-state index contributed by atoms with van der Waals surface area (Å²) in [7, 11) is 0. The van der Waals surface area contributed by atoms with Crippen LogP contribution in [0, 0.1) is 0 Å². The molecule has 0 aliphatic heterocycles. The van der Waals surface area contributed by atoms with Crippen molar-refractivity contribution >= 4 is 49.6 Å². The van der Waals surface area contributed by atoms with Gasteiger partial charge in [-0.3, -0.25) is 0 Å². The Bertz CT molecular complexity index is 1210. The van der Waals surface area contributed by atoms with Crippen LogP contribution in [0.2, 0.25) is 0 Å². The fraction of sp³-hybridized carbons (Fsp3) is 0. The first kappa shape index (κ1) is 13.5. The monoisotopic (exact) mass is 326 g/mol. The smallest absolute Gasteiger partial charge is 0.132 e. The van der Waals surface area contributed by atoms with Crippen molar-refractivity contribution < 1.29 is 0 Å². The number of aromatic nitrogens is 1. The van der Waals surface area contributed by atoms with Crippen molar-refractivity contribution in [1.29, 1.82) is 0 Å². The average Bonchev–Trinajstić information content (AvgIpc) is 3.16. The molecule has 0 unspecified atom stereocenters. The van der Waals surface area contributed by atoms with Gasteiger partial charge >= 0.3 is 0 Å². The Morgan fingerprint density at radius 2 is 1.54 bits per heavy atom. The third-order valence-electron chi connectivity index (χ3n) is 4.51. The summed E-state index contributed by atoms with van der Waals surface area (Å²) in [6.45, 7) is 0. The summed E-state index contributed by atoms with van der Waals surface area (Å²) in [6.07, 6.45) is 0. The van der Waals surface area contributed by atoms with Gasteiger partial charge in [-0.1, -0.05) is 54.6 Å². The van der Waals surface area contributed by atoms with E-state index in [1.165, 1.54) is 21.2 Å². The lowest BCUT2D eigenvalue weighted by Crippen LogP contribution is -1.95. The van der Waals surface area contributed by atoms with Crippen LogP contribution in [0.4, 0.5) is 5.82 Å². The first-order chi connectivity index (χ1) is 11.8. The van der Waals surface area contributed by atoms with Crippen molar-refractivity contribution in [3.05, 3.63) is 72.1 Å². The molecule has 0 bridgehead atoms. The quantitative estimate of drug-likeness (QED) is 0.392. The lowest BCUT2D eigenvalue weighted by atomic mass is 9.95. The highest BCUT2D eigenvalue weighted by Gasteiger charge is 2.14. The highest BCUT2D eigenvalue weighted by Crippen LogP contribution is 2.40. The molecule has 3 heteroatoms. The maximum Gasteiger partial charge on any atom is 0.132 e. The van der Waals surface area contributed by atoms with Crippen LogP contribution < -0.4 is 5.73 Å². The van der Waals surface area contributed by atoms with E-state index in [4.69, 9.17) is 10.7 Å². The molecule has 2 aromatic heterocycles. The molecule has 5 rings (SSSR count). The zero-order chi connectivity index (χ0) is 16.1. The summed E-state index contributed by atoms with van der Waals surface area (Å²) in [5, 5.41) is 7.80. The van der Waals surface area contributed by atoms with Crippen LogP contribution in [0.15, 0.2) is 72.1 Å². The summed E-state index contributed by atoms with van der Waals surface area (Å²) in [6, 6.07) is 23.2. The minimum absolute atomic E-state index is 0.589. The zero-order valence-electron chi connectivity index (χ0n) is 12.9. The van der Waals surface area contributed by atoms with Crippen molar-refractivity contribution in [1.82, 2.24) is 4.98 Å². The average molecular weight is 326 g/mol. The van der Waals surface area contributed by atoms with Gasteiger partial charge in [0.05, 0.1) is 5.52 Å². The van der Waals surface area contributed by atoms with Gasteiger partial charge in [0.2, 0.25) is 0 Å². The number of rotatable bonds is 1. The molecule has 0 saturated carbocycles. The second-order valence-electron chi connectivity index (χ2n) is 5.89. The van der Waals surface area contributed by atoms with E-state index in [1.807, 2.05) is 12.1 Å². The summed E-state index contributed by atoms with van der Waals surface area (Å²) in [5.41, 5.74) is 8.48. The molecule has 0 spiro atoms. The molecule has 24 heavy (non-hydrogen) atoms. The van der Waals surface area contributed by atoms with E-state index in [0.29, 0.717) is 5.82 Å². The van der Waals surface area contributed by atoms with Gasteiger partial charge in [-0.05, 0) is 28.3 Å². The second-order valence-corrected chi connectivity index (χ2v) is 6.84. The van der Waals surface area contributed by atoms with E-state index < -0.39 is 0 Å². The van der Waals surface area contributed by atoms with E-state index in [-0.39, 0.29) is 0 Å². The van der Waals surface area contributed by atoms with Crippen LogP contribution in [0.25, 0.3) is 42.9 Å². The molecule has 0 saturated heterocycles. The molecule has 0 amide bonds. The number of thiophene rings is 1. The summed E-state index contributed by atoms with van der Waals surface area (Å²) >= 11 is 1.75. The van der Waals surface area contributed by atoms with Crippen LogP contribution in [0.1, 0.15) is 0 Å². The molecule has 2 heterocycles. The maximum absolute atomic E-state index is 6.27. The molecule has 5 aromatic rings. The normalized spacial score (nSPS) is 11.5. The molecule has 2 nitrogen and oxygen atoms in total.